The molecule has 0 aliphatic carbocycles. The number of nitrogens with zero attached hydrogens (tertiary/aromatic N) is 1. The van der Waals surface area contributed by atoms with Crippen LogP contribution in [0.3, 0.4) is 0 Å². The Labute approximate surface area is 135 Å². The lowest BCUT2D eigenvalue weighted by Gasteiger charge is -2.21. The number of thiazole rings is 1. The number of fused-ring (bicyclic) bond motifs is 1. The molecule has 1 N–H and O–H groups in total. The molecule has 0 amide bonds. The van der Waals surface area contributed by atoms with Gasteiger partial charge in [0.2, 0.25) is 0 Å². The minimum atomic E-state index is -0.609. The molecule has 1 aliphatic rings. The second-order valence-corrected chi connectivity index (χ2v) is 7.14. The summed E-state index contributed by atoms with van der Waals surface area (Å²) in [6.45, 7) is 5.11. The first-order valence-corrected chi connectivity index (χ1v) is 8.35. The summed E-state index contributed by atoms with van der Waals surface area (Å²) in [5.41, 5.74) is 1.84. The molecule has 1 aromatic carbocycles. The number of hydrogen-bond acceptors (Lipinski definition) is 5. The third-order valence-electron chi connectivity index (χ3n) is 3.44. The maximum absolute atomic E-state index is 10.4. The number of aryl methyl sites for hydroxylation is 2. The fourth-order valence-electron chi connectivity index (χ4n) is 2.23. The topological polar surface area (TPSA) is 51.6 Å². The fraction of sp³-hybridized carbons (Fsp3) is 0.400. The largest absolute Gasteiger partial charge is 0.486 e. The Kier molecular flexibility index (Phi) is 4.19. The Hall–Kier alpha value is -1.11. The molecule has 2 aromatic rings. The van der Waals surface area contributed by atoms with Gasteiger partial charge in [-0.15, -0.1) is 11.3 Å². The smallest absolute Gasteiger partial charge is 0.175 e. The van der Waals surface area contributed by atoms with Gasteiger partial charge in [-0.3, -0.25) is 0 Å². The highest BCUT2D eigenvalue weighted by atomic mass is 79.9. The minimum absolute atomic E-state index is 0.505. The van der Waals surface area contributed by atoms with Gasteiger partial charge in [-0.25, -0.2) is 4.98 Å². The molecule has 1 aliphatic heterocycles. The quantitative estimate of drug-likeness (QED) is 0.898. The summed E-state index contributed by atoms with van der Waals surface area (Å²) in [7, 11) is 0. The summed E-state index contributed by atoms with van der Waals surface area (Å²) < 4.78 is 12.0. The first-order valence-electron chi connectivity index (χ1n) is 6.74. The van der Waals surface area contributed by atoms with Gasteiger partial charge in [-0.2, -0.15) is 0 Å². The number of hydrogen-bond donors (Lipinski definition) is 1. The van der Waals surface area contributed by atoms with Crippen molar-refractivity contribution in [2.45, 2.75) is 26.4 Å². The van der Waals surface area contributed by atoms with Gasteiger partial charge in [0.15, 0.2) is 11.5 Å². The molecular weight excluding hydrogens is 354 g/mol. The van der Waals surface area contributed by atoms with Crippen LogP contribution in [0.4, 0.5) is 0 Å². The summed E-state index contributed by atoms with van der Waals surface area (Å²) in [5.74, 6) is 1.38. The predicted molar refractivity (Wildman–Crippen MR) is 85.4 cm³/mol. The summed E-state index contributed by atoms with van der Waals surface area (Å²) in [6.07, 6.45) is -0.104. The summed E-state index contributed by atoms with van der Waals surface area (Å²) >= 11 is 5.10. The van der Waals surface area contributed by atoms with E-state index in [1.807, 2.05) is 26.0 Å². The van der Waals surface area contributed by atoms with Crippen molar-refractivity contribution in [1.82, 2.24) is 4.98 Å². The van der Waals surface area contributed by atoms with Gasteiger partial charge in [0.1, 0.15) is 13.2 Å². The van der Waals surface area contributed by atoms with Crippen LogP contribution < -0.4 is 9.47 Å². The number of halogens is 1. The number of rotatable bonds is 3. The zero-order chi connectivity index (χ0) is 15.0. The zero-order valence-corrected chi connectivity index (χ0v) is 14.3. The van der Waals surface area contributed by atoms with Crippen LogP contribution in [0, 0.1) is 13.8 Å². The maximum Gasteiger partial charge on any atom is 0.175 e. The first-order chi connectivity index (χ1) is 10.0. The molecule has 3 rings (SSSR count). The Morgan fingerprint density at radius 2 is 2.10 bits per heavy atom. The van der Waals surface area contributed by atoms with Gasteiger partial charge in [-0.1, -0.05) is 0 Å². The van der Waals surface area contributed by atoms with Crippen molar-refractivity contribution in [3.05, 3.63) is 37.7 Å². The first kappa shape index (κ1) is 14.8. The van der Waals surface area contributed by atoms with Crippen molar-refractivity contribution in [1.29, 1.82) is 0 Å². The Morgan fingerprint density at radius 3 is 2.81 bits per heavy atom. The van der Waals surface area contributed by atoms with Crippen LogP contribution in [0.15, 0.2) is 16.6 Å². The number of ether oxygens (including phenoxy) is 2. The Morgan fingerprint density at radius 1 is 1.33 bits per heavy atom. The Bertz CT molecular complexity index is 652. The van der Waals surface area contributed by atoms with Gasteiger partial charge in [-0.05, 0) is 47.5 Å². The average molecular weight is 370 g/mol. The van der Waals surface area contributed by atoms with Crippen LogP contribution >= 0.6 is 27.3 Å². The van der Waals surface area contributed by atoms with Gasteiger partial charge in [0, 0.05) is 11.3 Å². The summed E-state index contributed by atoms with van der Waals surface area (Å²) in [6, 6.07) is 3.72. The third kappa shape index (κ3) is 3.07. The molecule has 1 unspecified atom stereocenters. The molecule has 0 saturated heterocycles. The molecule has 0 saturated carbocycles. The molecule has 1 atom stereocenters. The summed E-state index contributed by atoms with van der Waals surface area (Å²) in [4.78, 5) is 5.67. The number of aliphatic hydroxyl groups excluding tert-OH is 1. The minimum Gasteiger partial charge on any atom is -0.486 e. The molecule has 1 aromatic heterocycles. The molecule has 2 heterocycles. The van der Waals surface area contributed by atoms with Gasteiger partial charge < -0.3 is 14.6 Å². The molecule has 4 nitrogen and oxygen atoms in total. The predicted octanol–water partition coefficient (Wildman–Crippen LogP) is 3.57. The van der Waals surface area contributed by atoms with Gasteiger partial charge >= 0.3 is 0 Å². The van der Waals surface area contributed by atoms with E-state index in [4.69, 9.17) is 9.47 Å². The van der Waals surface area contributed by atoms with E-state index in [1.54, 1.807) is 11.3 Å². The normalized spacial score (nSPS) is 15.0. The molecule has 0 bridgehead atoms. The Balaban J connectivity index is 1.84. The summed E-state index contributed by atoms with van der Waals surface area (Å²) in [5, 5.41) is 11.4. The molecular formula is C15H16BrNO3S. The lowest BCUT2D eigenvalue weighted by Crippen LogP contribution is -2.16. The van der Waals surface area contributed by atoms with Crippen LogP contribution in [0.2, 0.25) is 0 Å². The van der Waals surface area contributed by atoms with E-state index < -0.39 is 6.10 Å². The maximum atomic E-state index is 10.4. The van der Waals surface area contributed by atoms with E-state index in [2.05, 4.69) is 20.9 Å². The van der Waals surface area contributed by atoms with E-state index in [0.29, 0.717) is 31.1 Å². The zero-order valence-electron chi connectivity index (χ0n) is 11.9. The van der Waals surface area contributed by atoms with Crippen molar-refractivity contribution in [2.75, 3.05) is 13.2 Å². The van der Waals surface area contributed by atoms with Crippen molar-refractivity contribution in [2.24, 2.45) is 0 Å². The third-order valence-corrected chi connectivity index (χ3v) is 5.13. The molecule has 0 radical (unpaired) electrons. The molecule has 112 valence electrons. The lowest BCUT2D eigenvalue weighted by molar-refractivity contribution is 0.163. The highest BCUT2D eigenvalue weighted by molar-refractivity contribution is 9.10. The second kappa shape index (κ2) is 5.94. The van der Waals surface area contributed by atoms with Crippen molar-refractivity contribution in [3.63, 3.8) is 0 Å². The highest BCUT2D eigenvalue weighted by Gasteiger charge is 2.20. The van der Waals surface area contributed by atoms with Gasteiger partial charge in [0.05, 0.1) is 21.3 Å². The standard InChI is InChI=1S/C15H16BrNO3S/c1-8-9(2)21-14(17-8)7-12(18)10-5-11(16)15-13(6-10)19-3-4-20-15/h5-6,12,18H,3-4,7H2,1-2H3. The van der Waals surface area contributed by atoms with Crippen molar-refractivity contribution < 1.29 is 14.6 Å². The number of aliphatic hydroxyl groups is 1. The van der Waals surface area contributed by atoms with Crippen LogP contribution in [-0.2, 0) is 6.42 Å². The van der Waals surface area contributed by atoms with E-state index >= 15 is 0 Å². The van der Waals surface area contributed by atoms with Gasteiger partial charge in [0.25, 0.3) is 0 Å². The van der Waals surface area contributed by atoms with Crippen LogP contribution in [0.5, 0.6) is 11.5 Å². The van der Waals surface area contributed by atoms with Crippen LogP contribution in [0.1, 0.15) is 27.2 Å². The van der Waals surface area contributed by atoms with Crippen LogP contribution in [-0.4, -0.2) is 23.3 Å². The fourth-order valence-corrected chi connectivity index (χ4v) is 3.78. The lowest BCUT2D eigenvalue weighted by atomic mass is 10.1. The van der Waals surface area contributed by atoms with E-state index in [0.717, 1.165) is 20.7 Å². The average Bonchev–Trinajstić information content (AvgIpc) is 2.77. The SMILES string of the molecule is Cc1nc(CC(O)c2cc(Br)c3c(c2)OCCO3)sc1C. The monoisotopic (exact) mass is 369 g/mol. The van der Waals surface area contributed by atoms with Crippen molar-refractivity contribution >= 4 is 27.3 Å². The van der Waals surface area contributed by atoms with E-state index in [-0.39, 0.29) is 0 Å². The number of aromatic nitrogens is 1. The number of benzene rings is 1. The molecule has 6 heteroatoms. The van der Waals surface area contributed by atoms with Crippen LogP contribution in [0.25, 0.3) is 0 Å². The van der Waals surface area contributed by atoms with E-state index in [1.165, 1.54) is 4.88 Å². The second-order valence-electron chi connectivity index (χ2n) is 5.00. The molecule has 0 spiro atoms. The highest BCUT2D eigenvalue weighted by Crippen LogP contribution is 2.40. The molecule has 21 heavy (non-hydrogen) atoms. The van der Waals surface area contributed by atoms with Crippen molar-refractivity contribution in [3.8, 4) is 11.5 Å². The molecule has 0 fully saturated rings. The van der Waals surface area contributed by atoms with E-state index in [9.17, 15) is 5.11 Å².